The average molecular weight is 190 g/mol. The Bertz CT molecular complexity index is 151. The summed E-state index contributed by atoms with van der Waals surface area (Å²) in [5, 5.41) is 3.24. The summed E-state index contributed by atoms with van der Waals surface area (Å²) in [6.45, 7) is 3.27. The van der Waals surface area contributed by atoms with Crippen LogP contribution in [0, 0.1) is 5.92 Å². The standard InChI is InChI=1S/C9H15NO.ClH/c1-2-9(11-5-1)4-3-8-6-10-7-8;/h3-4,8-10H,1-2,5-7H2;1H/b4-3+;. The van der Waals surface area contributed by atoms with Crippen molar-refractivity contribution in [3.05, 3.63) is 12.2 Å². The zero-order valence-corrected chi connectivity index (χ0v) is 7.98. The van der Waals surface area contributed by atoms with Crippen LogP contribution in [0.25, 0.3) is 0 Å². The molecule has 2 fully saturated rings. The highest BCUT2D eigenvalue weighted by molar-refractivity contribution is 5.85. The van der Waals surface area contributed by atoms with Gasteiger partial charge in [-0.2, -0.15) is 0 Å². The van der Waals surface area contributed by atoms with Gasteiger partial charge in [-0.3, -0.25) is 0 Å². The van der Waals surface area contributed by atoms with Crippen LogP contribution in [-0.4, -0.2) is 25.8 Å². The van der Waals surface area contributed by atoms with Crippen molar-refractivity contribution in [3.8, 4) is 0 Å². The molecule has 0 saturated carbocycles. The Morgan fingerprint density at radius 1 is 1.25 bits per heavy atom. The van der Waals surface area contributed by atoms with Gasteiger partial charge >= 0.3 is 0 Å². The Kier molecular flexibility index (Phi) is 4.06. The lowest BCUT2D eigenvalue weighted by atomic mass is 10.0. The molecule has 70 valence electrons. The van der Waals surface area contributed by atoms with E-state index in [1.807, 2.05) is 0 Å². The first kappa shape index (κ1) is 10.0. The molecule has 12 heavy (non-hydrogen) atoms. The quantitative estimate of drug-likeness (QED) is 0.663. The molecular formula is C9H16ClNO. The van der Waals surface area contributed by atoms with Crippen LogP contribution in [0.5, 0.6) is 0 Å². The van der Waals surface area contributed by atoms with Gasteiger partial charge in [-0.25, -0.2) is 0 Å². The lowest BCUT2D eigenvalue weighted by Gasteiger charge is -2.23. The first-order valence-electron chi connectivity index (χ1n) is 4.46. The Morgan fingerprint density at radius 3 is 2.58 bits per heavy atom. The summed E-state index contributed by atoms with van der Waals surface area (Å²) in [4.78, 5) is 0. The Hall–Kier alpha value is -0.0500. The summed E-state index contributed by atoms with van der Waals surface area (Å²) in [6, 6.07) is 0. The second-order valence-electron chi connectivity index (χ2n) is 3.35. The van der Waals surface area contributed by atoms with Gasteiger partial charge in [0.25, 0.3) is 0 Å². The van der Waals surface area contributed by atoms with Crippen LogP contribution in [0.4, 0.5) is 0 Å². The molecule has 1 atom stereocenters. The maximum atomic E-state index is 5.46. The first-order valence-corrected chi connectivity index (χ1v) is 4.46. The Balaban J connectivity index is 0.000000720. The number of nitrogens with one attached hydrogen (secondary N) is 1. The summed E-state index contributed by atoms with van der Waals surface area (Å²) in [5.74, 6) is 0.777. The molecule has 2 saturated heterocycles. The minimum atomic E-state index is 0. The molecule has 0 aromatic heterocycles. The summed E-state index contributed by atoms with van der Waals surface area (Å²) < 4.78 is 5.46. The molecule has 0 spiro atoms. The van der Waals surface area contributed by atoms with Crippen LogP contribution in [0.15, 0.2) is 12.2 Å². The molecule has 2 aliphatic rings. The molecular weight excluding hydrogens is 174 g/mol. The van der Waals surface area contributed by atoms with Crippen molar-refractivity contribution in [1.29, 1.82) is 0 Å². The van der Waals surface area contributed by atoms with E-state index in [4.69, 9.17) is 4.74 Å². The van der Waals surface area contributed by atoms with Gasteiger partial charge in [0.1, 0.15) is 0 Å². The lowest BCUT2D eigenvalue weighted by Crippen LogP contribution is -2.40. The van der Waals surface area contributed by atoms with Crippen molar-refractivity contribution in [2.75, 3.05) is 19.7 Å². The smallest absolute Gasteiger partial charge is 0.0756 e. The third-order valence-electron chi connectivity index (χ3n) is 2.38. The Labute approximate surface area is 79.8 Å². The van der Waals surface area contributed by atoms with Crippen LogP contribution in [0.3, 0.4) is 0 Å². The number of hydrogen-bond donors (Lipinski definition) is 1. The third-order valence-corrected chi connectivity index (χ3v) is 2.38. The van der Waals surface area contributed by atoms with Crippen molar-refractivity contribution in [3.63, 3.8) is 0 Å². The van der Waals surface area contributed by atoms with E-state index < -0.39 is 0 Å². The largest absolute Gasteiger partial charge is 0.374 e. The molecule has 0 aliphatic carbocycles. The van der Waals surface area contributed by atoms with Gasteiger partial charge in [0.15, 0.2) is 0 Å². The molecule has 2 aliphatic heterocycles. The van der Waals surface area contributed by atoms with Crippen LogP contribution < -0.4 is 5.32 Å². The number of ether oxygens (including phenoxy) is 1. The van der Waals surface area contributed by atoms with Gasteiger partial charge in [-0.1, -0.05) is 12.2 Å². The van der Waals surface area contributed by atoms with Crippen molar-refractivity contribution >= 4 is 12.4 Å². The van der Waals surface area contributed by atoms with E-state index in [1.54, 1.807) is 0 Å². The van der Waals surface area contributed by atoms with Gasteiger partial charge in [0, 0.05) is 25.6 Å². The molecule has 0 aromatic carbocycles. The zero-order chi connectivity index (χ0) is 7.52. The summed E-state index contributed by atoms with van der Waals surface area (Å²) in [7, 11) is 0. The zero-order valence-electron chi connectivity index (χ0n) is 7.16. The predicted molar refractivity (Wildman–Crippen MR) is 51.7 cm³/mol. The summed E-state index contributed by atoms with van der Waals surface area (Å²) in [5.41, 5.74) is 0. The molecule has 0 aromatic rings. The average Bonchev–Trinajstić information content (AvgIpc) is 2.36. The molecule has 2 rings (SSSR count). The first-order chi connectivity index (χ1) is 5.45. The van der Waals surface area contributed by atoms with E-state index in [0.717, 1.165) is 25.6 Å². The predicted octanol–water partition coefficient (Wildman–Crippen LogP) is 1.36. The second kappa shape index (κ2) is 4.85. The van der Waals surface area contributed by atoms with Crippen LogP contribution in [-0.2, 0) is 4.74 Å². The summed E-state index contributed by atoms with van der Waals surface area (Å²) in [6.07, 6.45) is 7.41. The fraction of sp³-hybridized carbons (Fsp3) is 0.778. The van der Waals surface area contributed by atoms with Crippen LogP contribution >= 0.6 is 12.4 Å². The number of halogens is 1. The molecule has 2 heterocycles. The fourth-order valence-electron chi connectivity index (χ4n) is 1.48. The highest BCUT2D eigenvalue weighted by Crippen LogP contribution is 2.14. The van der Waals surface area contributed by atoms with E-state index in [-0.39, 0.29) is 12.4 Å². The van der Waals surface area contributed by atoms with Gasteiger partial charge in [0.05, 0.1) is 6.10 Å². The van der Waals surface area contributed by atoms with E-state index in [2.05, 4.69) is 17.5 Å². The maximum Gasteiger partial charge on any atom is 0.0756 e. The van der Waals surface area contributed by atoms with Crippen LogP contribution in [0.1, 0.15) is 12.8 Å². The second-order valence-corrected chi connectivity index (χ2v) is 3.35. The van der Waals surface area contributed by atoms with Gasteiger partial charge in [0.2, 0.25) is 0 Å². The van der Waals surface area contributed by atoms with Gasteiger partial charge in [-0.05, 0) is 12.8 Å². The normalized spacial score (nSPS) is 30.2. The SMILES string of the molecule is C(=C\C1CCCO1)/C1CNC1.Cl. The topological polar surface area (TPSA) is 21.3 Å². The molecule has 3 heteroatoms. The molecule has 0 radical (unpaired) electrons. The number of rotatable bonds is 2. The minimum absolute atomic E-state index is 0. The van der Waals surface area contributed by atoms with Crippen molar-refractivity contribution in [2.24, 2.45) is 5.92 Å². The van der Waals surface area contributed by atoms with E-state index in [1.165, 1.54) is 12.8 Å². The van der Waals surface area contributed by atoms with E-state index >= 15 is 0 Å². The third kappa shape index (κ3) is 2.47. The van der Waals surface area contributed by atoms with Crippen molar-refractivity contribution < 1.29 is 4.74 Å². The monoisotopic (exact) mass is 189 g/mol. The summed E-state index contributed by atoms with van der Waals surface area (Å²) >= 11 is 0. The van der Waals surface area contributed by atoms with Crippen LogP contribution in [0.2, 0.25) is 0 Å². The fourth-order valence-corrected chi connectivity index (χ4v) is 1.48. The lowest BCUT2D eigenvalue weighted by molar-refractivity contribution is 0.145. The van der Waals surface area contributed by atoms with Crippen molar-refractivity contribution in [1.82, 2.24) is 5.32 Å². The maximum absolute atomic E-state index is 5.46. The number of hydrogen-bond acceptors (Lipinski definition) is 2. The van der Waals surface area contributed by atoms with E-state index in [0.29, 0.717) is 6.10 Å². The van der Waals surface area contributed by atoms with E-state index in [9.17, 15) is 0 Å². The van der Waals surface area contributed by atoms with Crippen molar-refractivity contribution in [2.45, 2.75) is 18.9 Å². The van der Waals surface area contributed by atoms with Gasteiger partial charge in [-0.15, -0.1) is 12.4 Å². The Morgan fingerprint density at radius 2 is 2.08 bits per heavy atom. The highest BCUT2D eigenvalue weighted by atomic mass is 35.5. The molecule has 1 N–H and O–H groups in total. The minimum Gasteiger partial charge on any atom is -0.374 e. The highest BCUT2D eigenvalue weighted by Gasteiger charge is 2.15. The molecule has 0 amide bonds. The molecule has 1 unspecified atom stereocenters. The van der Waals surface area contributed by atoms with Gasteiger partial charge < -0.3 is 10.1 Å². The molecule has 0 bridgehead atoms. The molecule has 2 nitrogen and oxygen atoms in total.